The zero-order chi connectivity index (χ0) is 13.0. The summed E-state index contributed by atoms with van der Waals surface area (Å²) in [6.07, 6.45) is 7.38. The van der Waals surface area contributed by atoms with E-state index in [1.807, 2.05) is 6.92 Å². The van der Waals surface area contributed by atoms with Crippen molar-refractivity contribution in [3.63, 3.8) is 0 Å². The van der Waals surface area contributed by atoms with Crippen molar-refractivity contribution in [1.29, 1.82) is 0 Å². The van der Waals surface area contributed by atoms with Gasteiger partial charge in [0.25, 0.3) is 10.0 Å². The Morgan fingerprint density at radius 3 is 2.33 bits per heavy atom. The number of sulfonamides is 1. The first-order valence-corrected chi connectivity index (χ1v) is 7.89. The maximum Gasteiger partial charge on any atom is 0.281 e. The third kappa shape index (κ3) is 3.42. The molecule has 0 atom stereocenters. The van der Waals surface area contributed by atoms with E-state index in [2.05, 4.69) is 4.40 Å². The smallest absolute Gasteiger partial charge is 0.199 e. The maximum absolute atomic E-state index is 12.0. The van der Waals surface area contributed by atoms with Gasteiger partial charge in [-0.05, 0) is 37.8 Å². The molecule has 0 aromatic heterocycles. The van der Waals surface area contributed by atoms with Crippen LogP contribution in [-0.4, -0.2) is 14.6 Å². The molecule has 1 aromatic rings. The standard InChI is InChI=1S/C14H19NO2S/c1-12-7-9-14(10-8-12)18(16,17)15-11-13-5-3-2-4-6-13/h7-11,13H,2-6H2,1H3. The highest BCUT2D eigenvalue weighted by atomic mass is 32.2. The third-order valence-corrected chi connectivity index (χ3v) is 4.65. The first-order chi connectivity index (χ1) is 8.58. The molecule has 0 spiro atoms. The van der Waals surface area contributed by atoms with Gasteiger partial charge >= 0.3 is 0 Å². The molecule has 98 valence electrons. The molecule has 0 bridgehead atoms. The van der Waals surface area contributed by atoms with E-state index in [1.54, 1.807) is 30.5 Å². The highest BCUT2D eigenvalue weighted by molar-refractivity contribution is 7.90. The molecule has 0 heterocycles. The average molecular weight is 265 g/mol. The lowest BCUT2D eigenvalue weighted by Gasteiger charge is -2.16. The number of nitrogens with zero attached hydrogens (tertiary/aromatic N) is 1. The number of hydrogen-bond acceptors (Lipinski definition) is 2. The number of aryl methyl sites for hydroxylation is 1. The topological polar surface area (TPSA) is 46.5 Å². The molecule has 3 nitrogen and oxygen atoms in total. The Hall–Kier alpha value is -1.16. The molecule has 1 fully saturated rings. The minimum Gasteiger partial charge on any atom is -0.199 e. The number of benzene rings is 1. The van der Waals surface area contributed by atoms with Gasteiger partial charge in [-0.15, -0.1) is 0 Å². The van der Waals surface area contributed by atoms with Gasteiger partial charge in [0.1, 0.15) is 0 Å². The second-order valence-corrected chi connectivity index (χ2v) is 6.57. The molecule has 1 saturated carbocycles. The minimum absolute atomic E-state index is 0.278. The Morgan fingerprint density at radius 2 is 1.72 bits per heavy atom. The van der Waals surface area contributed by atoms with Gasteiger partial charge in [0.2, 0.25) is 0 Å². The van der Waals surface area contributed by atoms with Crippen LogP contribution in [0.3, 0.4) is 0 Å². The van der Waals surface area contributed by atoms with Crippen LogP contribution in [0.25, 0.3) is 0 Å². The van der Waals surface area contributed by atoms with Gasteiger partial charge in [-0.2, -0.15) is 12.8 Å². The molecule has 0 amide bonds. The summed E-state index contributed by atoms with van der Waals surface area (Å²) in [7, 11) is -3.51. The fraction of sp³-hybridized carbons (Fsp3) is 0.500. The Morgan fingerprint density at radius 1 is 1.11 bits per heavy atom. The summed E-state index contributed by atoms with van der Waals surface area (Å²) in [6.45, 7) is 1.93. The molecule has 4 heteroatoms. The second-order valence-electron chi connectivity index (χ2n) is 4.94. The van der Waals surface area contributed by atoms with Crippen molar-refractivity contribution < 1.29 is 8.42 Å². The third-order valence-electron chi connectivity index (χ3n) is 3.38. The van der Waals surface area contributed by atoms with Gasteiger partial charge in [-0.25, -0.2) is 0 Å². The van der Waals surface area contributed by atoms with Crippen molar-refractivity contribution >= 4 is 16.2 Å². The van der Waals surface area contributed by atoms with Crippen LogP contribution >= 0.6 is 0 Å². The van der Waals surface area contributed by atoms with Crippen LogP contribution in [0, 0.1) is 12.8 Å². The van der Waals surface area contributed by atoms with Crippen LogP contribution in [0.2, 0.25) is 0 Å². The predicted octanol–water partition coefficient (Wildman–Crippen LogP) is 3.33. The molecular formula is C14H19NO2S. The molecule has 0 N–H and O–H groups in total. The molecule has 0 saturated heterocycles. The Balaban J connectivity index is 2.11. The summed E-state index contributed by atoms with van der Waals surface area (Å²) in [4.78, 5) is 0.278. The maximum atomic E-state index is 12.0. The van der Waals surface area contributed by atoms with Crippen molar-refractivity contribution in [2.24, 2.45) is 10.3 Å². The summed E-state index contributed by atoms with van der Waals surface area (Å²) in [5, 5.41) is 0. The van der Waals surface area contributed by atoms with E-state index in [9.17, 15) is 8.42 Å². The van der Waals surface area contributed by atoms with Crippen LogP contribution in [0.5, 0.6) is 0 Å². The monoisotopic (exact) mass is 265 g/mol. The van der Waals surface area contributed by atoms with E-state index in [-0.39, 0.29) is 4.90 Å². The molecule has 18 heavy (non-hydrogen) atoms. The highest BCUT2D eigenvalue weighted by Gasteiger charge is 2.15. The lowest BCUT2D eigenvalue weighted by atomic mass is 9.90. The summed E-state index contributed by atoms with van der Waals surface area (Å²) < 4.78 is 27.8. The van der Waals surface area contributed by atoms with E-state index >= 15 is 0 Å². The first kappa shape index (κ1) is 13.3. The van der Waals surface area contributed by atoms with Crippen LogP contribution in [0.1, 0.15) is 37.7 Å². The summed E-state index contributed by atoms with van der Waals surface area (Å²) >= 11 is 0. The largest absolute Gasteiger partial charge is 0.281 e. The van der Waals surface area contributed by atoms with Gasteiger partial charge < -0.3 is 0 Å². The van der Waals surface area contributed by atoms with Crippen LogP contribution in [0.15, 0.2) is 33.6 Å². The average Bonchev–Trinajstić information content (AvgIpc) is 2.38. The van der Waals surface area contributed by atoms with Crippen LogP contribution in [-0.2, 0) is 10.0 Å². The fourth-order valence-corrected chi connectivity index (χ4v) is 3.15. The van der Waals surface area contributed by atoms with Gasteiger partial charge in [0.15, 0.2) is 0 Å². The molecule has 1 aromatic carbocycles. The zero-order valence-electron chi connectivity index (χ0n) is 10.7. The van der Waals surface area contributed by atoms with Gasteiger partial charge in [0, 0.05) is 6.21 Å². The van der Waals surface area contributed by atoms with Crippen molar-refractivity contribution in [2.75, 3.05) is 0 Å². The molecule has 0 unspecified atom stereocenters. The highest BCUT2D eigenvalue weighted by Crippen LogP contribution is 2.22. The minimum atomic E-state index is -3.51. The molecule has 0 radical (unpaired) electrons. The quantitative estimate of drug-likeness (QED) is 0.787. The van der Waals surface area contributed by atoms with Crippen molar-refractivity contribution in [3.8, 4) is 0 Å². The fourth-order valence-electron chi connectivity index (χ4n) is 2.22. The summed E-state index contributed by atoms with van der Waals surface area (Å²) in [5.74, 6) is 0.332. The lowest BCUT2D eigenvalue weighted by Crippen LogP contribution is -2.09. The van der Waals surface area contributed by atoms with Crippen molar-refractivity contribution in [2.45, 2.75) is 43.9 Å². The number of hydrogen-bond donors (Lipinski definition) is 0. The predicted molar refractivity (Wildman–Crippen MR) is 73.4 cm³/mol. The Bertz CT molecular complexity index is 511. The zero-order valence-corrected chi connectivity index (χ0v) is 11.5. The van der Waals surface area contributed by atoms with E-state index in [0.717, 1.165) is 18.4 Å². The van der Waals surface area contributed by atoms with Gasteiger partial charge in [-0.3, -0.25) is 0 Å². The van der Waals surface area contributed by atoms with Crippen LogP contribution in [0.4, 0.5) is 0 Å². The van der Waals surface area contributed by atoms with Gasteiger partial charge in [0.05, 0.1) is 4.90 Å². The summed E-state index contributed by atoms with van der Waals surface area (Å²) in [5.41, 5.74) is 1.05. The van der Waals surface area contributed by atoms with Crippen molar-refractivity contribution in [3.05, 3.63) is 29.8 Å². The lowest BCUT2D eigenvalue weighted by molar-refractivity contribution is 0.445. The Labute approximate surface area is 109 Å². The SMILES string of the molecule is Cc1ccc(S(=O)(=O)N=CC2CCCCC2)cc1. The first-order valence-electron chi connectivity index (χ1n) is 6.45. The van der Waals surface area contributed by atoms with Gasteiger partial charge in [-0.1, -0.05) is 37.0 Å². The molecule has 0 aliphatic heterocycles. The molecule has 1 aliphatic rings. The van der Waals surface area contributed by atoms with E-state index < -0.39 is 10.0 Å². The number of rotatable bonds is 3. The molecular weight excluding hydrogens is 246 g/mol. The molecule has 2 rings (SSSR count). The Kier molecular flexibility index (Phi) is 4.17. The normalized spacial score (nSPS) is 18.3. The van der Waals surface area contributed by atoms with Crippen LogP contribution < -0.4 is 0 Å². The van der Waals surface area contributed by atoms with E-state index in [1.165, 1.54) is 19.3 Å². The van der Waals surface area contributed by atoms with E-state index in [4.69, 9.17) is 0 Å². The van der Waals surface area contributed by atoms with E-state index in [0.29, 0.717) is 5.92 Å². The summed E-state index contributed by atoms with van der Waals surface area (Å²) in [6, 6.07) is 6.82. The molecule has 1 aliphatic carbocycles. The van der Waals surface area contributed by atoms with Crippen molar-refractivity contribution in [1.82, 2.24) is 0 Å². The second kappa shape index (κ2) is 5.65.